The van der Waals surface area contributed by atoms with Crippen LogP contribution in [0.4, 0.5) is 4.39 Å². The topological polar surface area (TPSA) is 64.0 Å². The predicted molar refractivity (Wildman–Crippen MR) is 73.2 cm³/mol. The molecule has 1 N–H and O–H groups in total. The summed E-state index contributed by atoms with van der Waals surface area (Å²) in [6.45, 7) is 1.90. The highest BCUT2D eigenvalue weighted by Gasteiger charge is 2.18. The fraction of sp³-hybridized carbons (Fsp3) is 0.308. The summed E-state index contributed by atoms with van der Waals surface area (Å²) in [7, 11) is -1.88. The first-order valence-electron chi connectivity index (χ1n) is 6.13. The molecule has 0 aliphatic rings. The van der Waals surface area contributed by atoms with E-state index in [0.29, 0.717) is 12.1 Å². The quantitative estimate of drug-likeness (QED) is 0.907. The molecule has 1 heterocycles. The second-order valence-corrected chi connectivity index (χ2v) is 6.26. The molecule has 0 fully saturated rings. The van der Waals surface area contributed by atoms with Crippen molar-refractivity contribution in [2.24, 2.45) is 7.05 Å². The maximum absolute atomic E-state index is 12.7. The lowest BCUT2D eigenvalue weighted by Crippen LogP contribution is -2.26. The SMILES string of the molecule is Cc1nn(C)cc1S(=O)(=O)NCCc1ccc(F)cc1. The van der Waals surface area contributed by atoms with Crippen molar-refractivity contribution in [1.82, 2.24) is 14.5 Å². The monoisotopic (exact) mass is 297 g/mol. The van der Waals surface area contributed by atoms with E-state index in [1.54, 1.807) is 26.1 Å². The van der Waals surface area contributed by atoms with Crippen LogP contribution in [0.25, 0.3) is 0 Å². The smallest absolute Gasteiger partial charge is 0.243 e. The molecule has 0 saturated heterocycles. The van der Waals surface area contributed by atoms with Gasteiger partial charge in [-0.15, -0.1) is 0 Å². The normalized spacial score (nSPS) is 11.8. The van der Waals surface area contributed by atoms with Gasteiger partial charge in [-0.25, -0.2) is 17.5 Å². The Bertz CT molecular complexity index is 693. The molecular weight excluding hydrogens is 281 g/mol. The lowest BCUT2D eigenvalue weighted by atomic mass is 10.1. The average Bonchev–Trinajstić information content (AvgIpc) is 2.72. The number of nitrogens with one attached hydrogen (secondary N) is 1. The van der Waals surface area contributed by atoms with Gasteiger partial charge in [-0.3, -0.25) is 4.68 Å². The molecule has 1 aromatic heterocycles. The van der Waals surface area contributed by atoms with E-state index in [2.05, 4.69) is 9.82 Å². The van der Waals surface area contributed by atoms with Gasteiger partial charge in [0, 0.05) is 19.8 Å². The molecule has 0 amide bonds. The van der Waals surface area contributed by atoms with Gasteiger partial charge in [0.2, 0.25) is 10.0 Å². The largest absolute Gasteiger partial charge is 0.274 e. The van der Waals surface area contributed by atoms with E-state index in [9.17, 15) is 12.8 Å². The molecule has 1 aromatic carbocycles. The van der Waals surface area contributed by atoms with Gasteiger partial charge in [-0.2, -0.15) is 5.10 Å². The van der Waals surface area contributed by atoms with Gasteiger partial charge in [0.1, 0.15) is 10.7 Å². The highest BCUT2D eigenvalue weighted by Crippen LogP contribution is 2.12. The van der Waals surface area contributed by atoms with E-state index >= 15 is 0 Å². The van der Waals surface area contributed by atoms with Gasteiger partial charge in [0.25, 0.3) is 0 Å². The third-order valence-corrected chi connectivity index (χ3v) is 4.44. The number of nitrogens with zero attached hydrogens (tertiary/aromatic N) is 2. The van der Waals surface area contributed by atoms with E-state index in [-0.39, 0.29) is 17.3 Å². The Morgan fingerprint density at radius 3 is 2.50 bits per heavy atom. The zero-order valence-electron chi connectivity index (χ0n) is 11.3. The van der Waals surface area contributed by atoms with E-state index in [1.165, 1.54) is 23.0 Å². The number of hydrogen-bond acceptors (Lipinski definition) is 3. The van der Waals surface area contributed by atoms with Crippen molar-refractivity contribution in [3.8, 4) is 0 Å². The van der Waals surface area contributed by atoms with Gasteiger partial charge in [-0.1, -0.05) is 12.1 Å². The summed E-state index contributed by atoms with van der Waals surface area (Å²) in [6.07, 6.45) is 1.97. The van der Waals surface area contributed by atoms with Gasteiger partial charge in [-0.05, 0) is 31.0 Å². The van der Waals surface area contributed by atoms with Crippen LogP contribution in [0.3, 0.4) is 0 Å². The van der Waals surface area contributed by atoms with Crippen molar-refractivity contribution in [2.75, 3.05) is 6.54 Å². The number of hydrogen-bond donors (Lipinski definition) is 1. The molecule has 7 heteroatoms. The van der Waals surface area contributed by atoms with Gasteiger partial charge < -0.3 is 0 Å². The molecule has 20 heavy (non-hydrogen) atoms. The van der Waals surface area contributed by atoms with E-state index in [0.717, 1.165) is 5.56 Å². The first kappa shape index (κ1) is 14.7. The molecule has 0 unspecified atom stereocenters. The number of halogens is 1. The molecule has 0 bridgehead atoms. The molecule has 2 rings (SSSR count). The van der Waals surface area contributed by atoms with Crippen molar-refractivity contribution in [3.63, 3.8) is 0 Å². The van der Waals surface area contributed by atoms with Crippen molar-refractivity contribution in [3.05, 3.63) is 47.5 Å². The molecule has 0 radical (unpaired) electrons. The van der Waals surface area contributed by atoms with Crippen molar-refractivity contribution < 1.29 is 12.8 Å². The molecule has 0 aliphatic carbocycles. The molecule has 0 aliphatic heterocycles. The van der Waals surface area contributed by atoms with Crippen LogP contribution in [0, 0.1) is 12.7 Å². The highest BCUT2D eigenvalue weighted by molar-refractivity contribution is 7.89. The highest BCUT2D eigenvalue weighted by atomic mass is 32.2. The lowest BCUT2D eigenvalue weighted by molar-refractivity contribution is 0.580. The Hall–Kier alpha value is -1.73. The molecule has 0 spiro atoms. The zero-order chi connectivity index (χ0) is 14.8. The zero-order valence-corrected chi connectivity index (χ0v) is 12.1. The first-order valence-corrected chi connectivity index (χ1v) is 7.61. The number of aromatic nitrogens is 2. The number of benzene rings is 1. The Labute approximate surface area is 117 Å². The molecule has 5 nitrogen and oxygen atoms in total. The second-order valence-electron chi connectivity index (χ2n) is 4.53. The molecule has 0 atom stereocenters. The lowest BCUT2D eigenvalue weighted by Gasteiger charge is -2.05. The van der Waals surface area contributed by atoms with Crippen LogP contribution in [0.1, 0.15) is 11.3 Å². The Balaban J connectivity index is 1.99. The Morgan fingerprint density at radius 1 is 1.30 bits per heavy atom. The van der Waals surface area contributed by atoms with Crippen LogP contribution in [0.15, 0.2) is 35.4 Å². The van der Waals surface area contributed by atoms with Crippen LogP contribution in [-0.4, -0.2) is 24.7 Å². The third-order valence-electron chi connectivity index (χ3n) is 2.88. The maximum Gasteiger partial charge on any atom is 0.243 e. The summed E-state index contributed by atoms with van der Waals surface area (Å²) < 4.78 is 40.9. The molecule has 2 aromatic rings. The average molecular weight is 297 g/mol. The minimum atomic E-state index is -3.56. The fourth-order valence-electron chi connectivity index (χ4n) is 1.90. The van der Waals surface area contributed by atoms with E-state index < -0.39 is 10.0 Å². The van der Waals surface area contributed by atoms with Crippen molar-refractivity contribution >= 4 is 10.0 Å². The molecule has 108 valence electrons. The third kappa shape index (κ3) is 3.43. The summed E-state index contributed by atoms with van der Waals surface area (Å²) in [5, 5.41) is 4.01. The first-order chi connectivity index (χ1) is 9.38. The number of sulfonamides is 1. The van der Waals surface area contributed by atoms with Gasteiger partial charge in [0.15, 0.2) is 0 Å². The fourth-order valence-corrected chi connectivity index (χ4v) is 3.15. The van der Waals surface area contributed by atoms with Crippen LogP contribution < -0.4 is 4.72 Å². The minimum Gasteiger partial charge on any atom is -0.274 e. The minimum absolute atomic E-state index is 0.180. The Morgan fingerprint density at radius 2 is 1.95 bits per heavy atom. The van der Waals surface area contributed by atoms with Gasteiger partial charge in [0.05, 0.1) is 5.69 Å². The number of rotatable bonds is 5. The van der Waals surface area contributed by atoms with Crippen molar-refractivity contribution in [2.45, 2.75) is 18.2 Å². The summed E-state index contributed by atoms with van der Waals surface area (Å²) >= 11 is 0. The standard InChI is InChI=1S/C13H16FN3O2S/c1-10-13(9-17(2)16-10)20(18,19)15-8-7-11-3-5-12(14)6-4-11/h3-6,9,15H,7-8H2,1-2H3. The van der Waals surface area contributed by atoms with Gasteiger partial charge >= 0.3 is 0 Å². The number of aryl methyl sites for hydroxylation is 2. The van der Waals surface area contributed by atoms with Crippen LogP contribution in [0.5, 0.6) is 0 Å². The summed E-state index contributed by atoms with van der Waals surface area (Å²) in [6, 6.07) is 5.99. The summed E-state index contributed by atoms with van der Waals surface area (Å²) in [4.78, 5) is 0.180. The van der Waals surface area contributed by atoms with Crippen LogP contribution in [0.2, 0.25) is 0 Å². The van der Waals surface area contributed by atoms with Crippen LogP contribution >= 0.6 is 0 Å². The van der Waals surface area contributed by atoms with E-state index in [4.69, 9.17) is 0 Å². The van der Waals surface area contributed by atoms with Crippen LogP contribution in [-0.2, 0) is 23.5 Å². The maximum atomic E-state index is 12.7. The molecular formula is C13H16FN3O2S. The summed E-state index contributed by atoms with van der Waals surface area (Å²) in [5.41, 5.74) is 1.33. The predicted octanol–water partition coefficient (Wildman–Crippen LogP) is 1.39. The molecule has 0 saturated carbocycles. The second kappa shape index (κ2) is 5.72. The summed E-state index contributed by atoms with van der Waals surface area (Å²) in [5.74, 6) is -0.305. The van der Waals surface area contributed by atoms with E-state index in [1.807, 2.05) is 0 Å². The Kier molecular flexibility index (Phi) is 4.20. The van der Waals surface area contributed by atoms with Crippen molar-refractivity contribution in [1.29, 1.82) is 0 Å².